The van der Waals surface area contributed by atoms with Crippen molar-refractivity contribution in [1.82, 2.24) is 19.9 Å². The first-order valence-corrected chi connectivity index (χ1v) is 13.1. The molecule has 40 heavy (non-hydrogen) atoms. The number of anilines is 1. The number of aryl methyl sites for hydroxylation is 2. The summed E-state index contributed by atoms with van der Waals surface area (Å²) < 4.78 is 33.8. The van der Waals surface area contributed by atoms with Crippen molar-refractivity contribution in [2.75, 3.05) is 11.9 Å². The van der Waals surface area contributed by atoms with Crippen molar-refractivity contribution >= 4 is 17.5 Å². The predicted molar refractivity (Wildman–Crippen MR) is 145 cm³/mol. The van der Waals surface area contributed by atoms with Gasteiger partial charge < -0.3 is 15.0 Å². The van der Waals surface area contributed by atoms with E-state index in [4.69, 9.17) is 4.74 Å². The molecule has 0 bridgehead atoms. The number of carbonyl (C=O) groups is 2. The molecule has 1 aromatic heterocycles. The van der Waals surface area contributed by atoms with Crippen LogP contribution in [0.3, 0.4) is 0 Å². The van der Waals surface area contributed by atoms with Gasteiger partial charge in [-0.1, -0.05) is 11.3 Å². The first kappa shape index (κ1) is 27.0. The summed E-state index contributed by atoms with van der Waals surface area (Å²) in [6.07, 6.45) is 5.11. The fourth-order valence-electron chi connectivity index (χ4n) is 4.97. The van der Waals surface area contributed by atoms with E-state index < -0.39 is 6.04 Å². The van der Waals surface area contributed by atoms with E-state index in [1.165, 1.54) is 47.3 Å². The number of nitrogens with one attached hydrogen (secondary N) is 1. The van der Waals surface area contributed by atoms with E-state index >= 15 is 0 Å². The quantitative estimate of drug-likeness (QED) is 0.314. The zero-order chi connectivity index (χ0) is 28.1. The highest BCUT2D eigenvalue weighted by Crippen LogP contribution is 2.30. The third-order valence-electron chi connectivity index (χ3n) is 7.08. The van der Waals surface area contributed by atoms with Crippen LogP contribution >= 0.6 is 0 Å². The van der Waals surface area contributed by atoms with E-state index in [0.29, 0.717) is 30.2 Å². The Bertz CT molecular complexity index is 1460. The minimum Gasteiger partial charge on any atom is -0.457 e. The first-order valence-electron chi connectivity index (χ1n) is 13.1. The fraction of sp³-hybridized carbons (Fsp3) is 0.267. The molecule has 2 atom stereocenters. The Kier molecular flexibility index (Phi) is 8.14. The first-order chi connectivity index (χ1) is 19.3. The molecule has 0 aliphatic carbocycles. The van der Waals surface area contributed by atoms with E-state index in [9.17, 15) is 18.4 Å². The molecule has 8 nitrogen and oxygen atoms in total. The minimum atomic E-state index is -0.648. The number of halogens is 2. The summed E-state index contributed by atoms with van der Waals surface area (Å²) in [4.78, 5) is 28.2. The van der Waals surface area contributed by atoms with Crippen LogP contribution in [0.15, 0.2) is 79.1 Å². The summed E-state index contributed by atoms with van der Waals surface area (Å²) in [5, 5.41) is 10.5. The van der Waals surface area contributed by atoms with Crippen LogP contribution in [-0.4, -0.2) is 44.3 Å². The van der Waals surface area contributed by atoms with Crippen LogP contribution in [0, 0.1) is 24.5 Å². The van der Waals surface area contributed by atoms with Gasteiger partial charge in [-0.2, -0.15) is 0 Å². The molecular formula is C30H29F2N5O3. The number of likely N-dealkylation sites (tertiary alicyclic amines) is 1. The van der Waals surface area contributed by atoms with Gasteiger partial charge in [0, 0.05) is 18.4 Å². The van der Waals surface area contributed by atoms with Gasteiger partial charge in [-0.25, -0.2) is 13.5 Å². The SMILES string of the molecule is Cc1cc(F)ccc1CCC1CC(C(=O)Nc2ccc(Oc3ccc(F)cc3)cc2)N(C(=O)Cn2ccnn2)C1. The molecule has 4 aromatic rings. The number of carbonyl (C=O) groups excluding carboxylic acids is 2. The molecule has 1 aliphatic rings. The van der Waals surface area contributed by atoms with Crippen molar-refractivity contribution in [3.8, 4) is 11.5 Å². The normalized spacial score (nSPS) is 16.6. The van der Waals surface area contributed by atoms with Gasteiger partial charge in [0.1, 0.15) is 35.7 Å². The van der Waals surface area contributed by atoms with Gasteiger partial charge >= 0.3 is 0 Å². The highest BCUT2D eigenvalue weighted by molar-refractivity contribution is 5.97. The molecular weight excluding hydrogens is 516 g/mol. The van der Waals surface area contributed by atoms with Gasteiger partial charge in [0.25, 0.3) is 0 Å². The molecule has 2 unspecified atom stereocenters. The second kappa shape index (κ2) is 12.1. The topological polar surface area (TPSA) is 89.4 Å². The lowest BCUT2D eigenvalue weighted by molar-refractivity contribution is -0.137. The van der Waals surface area contributed by atoms with Gasteiger partial charge in [-0.05, 0) is 104 Å². The molecule has 1 aliphatic heterocycles. The Labute approximate surface area is 230 Å². The standard InChI is InChI=1S/C30H29F2N5O3/c1-20-16-24(32)5-4-22(20)3-2-21-17-28(37(18-21)29(38)19-36-15-14-33-35-36)30(39)34-25-8-12-27(13-9-25)40-26-10-6-23(31)7-11-26/h4-16,21,28H,2-3,17-19H2,1H3,(H,34,39). The number of nitrogens with zero attached hydrogens (tertiary/aromatic N) is 4. The van der Waals surface area contributed by atoms with Crippen LogP contribution in [0.1, 0.15) is 24.0 Å². The van der Waals surface area contributed by atoms with Crippen LogP contribution in [0.2, 0.25) is 0 Å². The van der Waals surface area contributed by atoms with Crippen molar-refractivity contribution in [3.63, 3.8) is 0 Å². The molecule has 2 amide bonds. The number of hydrogen-bond acceptors (Lipinski definition) is 5. The number of aromatic nitrogens is 3. The van der Waals surface area contributed by atoms with Crippen LogP contribution in [-0.2, 0) is 22.6 Å². The summed E-state index contributed by atoms with van der Waals surface area (Å²) in [5.74, 6) is 0.0247. The number of amides is 2. The van der Waals surface area contributed by atoms with E-state index in [1.54, 1.807) is 41.4 Å². The van der Waals surface area contributed by atoms with Crippen LogP contribution in [0.4, 0.5) is 14.5 Å². The van der Waals surface area contributed by atoms with Crippen molar-refractivity contribution in [1.29, 1.82) is 0 Å². The molecule has 1 fully saturated rings. The van der Waals surface area contributed by atoms with E-state index in [0.717, 1.165) is 24.0 Å². The fourth-order valence-corrected chi connectivity index (χ4v) is 4.97. The maximum absolute atomic E-state index is 13.5. The molecule has 3 aromatic carbocycles. The van der Waals surface area contributed by atoms with Crippen LogP contribution in [0.5, 0.6) is 11.5 Å². The van der Waals surface area contributed by atoms with E-state index in [2.05, 4.69) is 15.6 Å². The van der Waals surface area contributed by atoms with Gasteiger partial charge in [0.15, 0.2) is 0 Å². The summed E-state index contributed by atoms with van der Waals surface area (Å²) in [6, 6.07) is 16.6. The highest BCUT2D eigenvalue weighted by Gasteiger charge is 2.39. The van der Waals surface area contributed by atoms with Gasteiger partial charge in [-0.15, -0.1) is 5.10 Å². The van der Waals surface area contributed by atoms with Gasteiger partial charge in [0.2, 0.25) is 11.8 Å². The maximum atomic E-state index is 13.5. The Morgan fingerprint density at radius 3 is 2.38 bits per heavy atom. The van der Waals surface area contributed by atoms with Crippen LogP contribution in [0.25, 0.3) is 0 Å². The lowest BCUT2D eigenvalue weighted by Gasteiger charge is -2.24. The predicted octanol–water partition coefficient (Wildman–Crippen LogP) is 5.15. The summed E-state index contributed by atoms with van der Waals surface area (Å²) in [5.41, 5.74) is 2.50. The van der Waals surface area contributed by atoms with Crippen LogP contribution < -0.4 is 10.1 Å². The lowest BCUT2D eigenvalue weighted by atomic mass is 9.95. The van der Waals surface area contributed by atoms with Gasteiger partial charge in [0.05, 0.1) is 6.20 Å². The molecule has 2 heterocycles. The van der Waals surface area contributed by atoms with Crippen molar-refractivity contribution in [2.45, 2.75) is 38.8 Å². The third kappa shape index (κ3) is 6.69. The molecule has 206 valence electrons. The molecule has 5 rings (SSSR count). The number of benzene rings is 3. The average molecular weight is 546 g/mol. The minimum absolute atomic E-state index is 0.0109. The highest BCUT2D eigenvalue weighted by atomic mass is 19.1. The smallest absolute Gasteiger partial charge is 0.247 e. The second-order valence-corrected chi connectivity index (χ2v) is 9.94. The largest absolute Gasteiger partial charge is 0.457 e. The summed E-state index contributed by atoms with van der Waals surface area (Å²) in [7, 11) is 0. The zero-order valence-corrected chi connectivity index (χ0v) is 22.0. The molecule has 10 heteroatoms. The maximum Gasteiger partial charge on any atom is 0.247 e. The monoisotopic (exact) mass is 545 g/mol. The second-order valence-electron chi connectivity index (χ2n) is 9.94. The molecule has 1 N–H and O–H groups in total. The number of rotatable bonds is 9. The Hall–Kier alpha value is -4.60. The Balaban J connectivity index is 1.25. The summed E-state index contributed by atoms with van der Waals surface area (Å²) >= 11 is 0. The van der Waals surface area contributed by atoms with Crippen molar-refractivity contribution in [2.24, 2.45) is 5.92 Å². The van der Waals surface area contributed by atoms with E-state index in [-0.39, 0.29) is 35.9 Å². The third-order valence-corrected chi connectivity index (χ3v) is 7.08. The van der Waals surface area contributed by atoms with E-state index in [1.807, 2.05) is 6.92 Å². The molecule has 0 saturated carbocycles. The summed E-state index contributed by atoms with van der Waals surface area (Å²) in [6.45, 7) is 2.31. The lowest BCUT2D eigenvalue weighted by Crippen LogP contribution is -2.44. The molecule has 1 saturated heterocycles. The number of ether oxygens (including phenoxy) is 1. The van der Waals surface area contributed by atoms with Crippen molar-refractivity contribution < 1.29 is 23.1 Å². The molecule has 0 spiro atoms. The van der Waals surface area contributed by atoms with Crippen molar-refractivity contribution in [3.05, 3.63) is 102 Å². The van der Waals surface area contributed by atoms with Gasteiger partial charge in [-0.3, -0.25) is 9.59 Å². The average Bonchev–Trinajstić information content (AvgIpc) is 3.61. The zero-order valence-electron chi connectivity index (χ0n) is 22.0. The Morgan fingerprint density at radius 2 is 1.70 bits per heavy atom. The number of hydrogen-bond donors (Lipinski definition) is 1. The Morgan fingerprint density at radius 1 is 1.00 bits per heavy atom. The molecule has 0 radical (unpaired) electrons.